The van der Waals surface area contributed by atoms with Crippen molar-refractivity contribution < 1.29 is 14.4 Å². The summed E-state index contributed by atoms with van der Waals surface area (Å²) in [7, 11) is 0. The standard InChI is InChI=1S/C18H22N2O3/c1-11-7-3-6-10-15(11)19-16(21)12(2)20-17(22)13-8-4-5-9-14(13)18(20)23/h4-5,8-9,11-12,15H,3,6-7,10H2,1-2H3,(H,19,21)/t11-,12+,15+/m0/s1. The number of carbonyl (C=O) groups is 3. The average molecular weight is 314 g/mol. The number of hydrogen-bond acceptors (Lipinski definition) is 3. The summed E-state index contributed by atoms with van der Waals surface area (Å²) in [6.45, 7) is 3.75. The van der Waals surface area contributed by atoms with E-state index in [0.29, 0.717) is 17.0 Å². The minimum Gasteiger partial charge on any atom is -0.351 e. The van der Waals surface area contributed by atoms with Crippen molar-refractivity contribution in [2.24, 2.45) is 5.92 Å². The van der Waals surface area contributed by atoms with Crippen molar-refractivity contribution in [3.05, 3.63) is 35.4 Å². The van der Waals surface area contributed by atoms with Crippen LogP contribution in [0.5, 0.6) is 0 Å². The lowest BCUT2D eigenvalue weighted by atomic mass is 9.86. The molecule has 1 fully saturated rings. The number of imide groups is 1. The summed E-state index contributed by atoms with van der Waals surface area (Å²) in [4.78, 5) is 38.5. The SMILES string of the molecule is C[C@H](C(=O)N[C@@H]1CCCC[C@@H]1C)N1C(=O)c2ccccc2C1=O. The molecule has 3 rings (SSSR count). The molecule has 3 atom stereocenters. The summed E-state index contributed by atoms with van der Waals surface area (Å²) in [5.74, 6) is -0.588. The van der Waals surface area contributed by atoms with Gasteiger partial charge in [-0.3, -0.25) is 19.3 Å². The van der Waals surface area contributed by atoms with Crippen molar-refractivity contribution in [2.45, 2.75) is 51.6 Å². The van der Waals surface area contributed by atoms with Gasteiger partial charge in [-0.1, -0.05) is 31.9 Å². The molecule has 0 radical (unpaired) electrons. The number of fused-ring (bicyclic) bond motifs is 1. The number of nitrogens with one attached hydrogen (secondary N) is 1. The third-order valence-corrected chi connectivity index (χ3v) is 5.03. The smallest absolute Gasteiger partial charge is 0.262 e. The van der Waals surface area contributed by atoms with Crippen LogP contribution in [0.2, 0.25) is 0 Å². The average Bonchev–Trinajstić information content (AvgIpc) is 2.81. The summed E-state index contributed by atoms with van der Waals surface area (Å²) in [5.41, 5.74) is 0.756. The van der Waals surface area contributed by atoms with Crippen molar-refractivity contribution in [3.63, 3.8) is 0 Å². The summed E-state index contributed by atoms with van der Waals surface area (Å²) in [5, 5.41) is 3.03. The molecule has 1 heterocycles. The Morgan fingerprint density at radius 2 is 1.70 bits per heavy atom. The minimum absolute atomic E-state index is 0.133. The van der Waals surface area contributed by atoms with Crippen LogP contribution in [0.4, 0.5) is 0 Å². The molecule has 1 aromatic rings. The maximum absolute atomic E-state index is 12.5. The van der Waals surface area contributed by atoms with Crippen molar-refractivity contribution in [2.75, 3.05) is 0 Å². The maximum Gasteiger partial charge on any atom is 0.262 e. The second-order valence-electron chi connectivity index (χ2n) is 6.58. The van der Waals surface area contributed by atoms with Gasteiger partial charge >= 0.3 is 0 Å². The topological polar surface area (TPSA) is 66.5 Å². The van der Waals surface area contributed by atoms with Gasteiger partial charge in [0.1, 0.15) is 6.04 Å². The van der Waals surface area contributed by atoms with E-state index in [1.54, 1.807) is 31.2 Å². The van der Waals surface area contributed by atoms with Crippen molar-refractivity contribution in [1.82, 2.24) is 10.2 Å². The molecule has 1 aliphatic heterocycles. The molecular formula is C18H22N2O3. The Kier molecular flexibility index (Phi) is 4.20. The molecule has 0 unspecified atom stereocenters. The molecule has 5 heteroatoms. The Bertz CT molecular complexity index is 620. The second-order valence-corrected chi connectivity index (χ2v) is 6.58. The van der Waals surface area contributed by atoms with E-state index in [9.17, 15) is 14.4 Å². The molecule has 0 spiro atoms. The van der Waals surface area contributed by atoms with Crippen LogP contribution in [0.1, 0.15) is 60.2 Å². The van der Waals surface area contributed by atoms with E-state index in [-0.39, 0.29) is 23.8 Å². The lowest BCUT2D eigenvalue weighted by molar-refractivity contribution is -0.125. The predicted octanol–water partition coefficient (Wildman–Crippen LogP) is 2.37. The Morgan fingerprint density at radius 3 is 2.26 bits per heavy atom. The zero-order chi connectivity index (χ0) is 16.6. The number of carbonyl (C=O) groups excluding carboxylic acids is 3. The number of amides is 3. The molecule has 0 bridgehead atoms. The first-order valence-electron chi connectivity index (χ1n) is 8.28. The Balaban J connectivity index is 1.73. The van der Waals surface area contributed by atoms with Gasteiger partial charge < -0.3 is 5.32 Å². The first-order chi connectivity index (χ1) is 11.0. The lowest BCUT2D eigenvalue weighted by Gasteiger charge is -2.31. The van der Waals surface area contributed by atoms with Crippen LogP contribution >= 0.6 is 0 Å². The highest BCUT2D eigenvalue weighted by Gasteiger charge is 2.41. The van der Waals surface area contributed by atoms with Crippen LogP contribution in [0, 0.1) is 5.92 Å². The maximum atomic E-state index is 12.5. The molecule has 2 aliphatic rings. The van der Waals surface area contributed by atoms with Crippen LogP contribution in [0.3, 0.4) is 0 Å². The Hall–Kier alpha value is -2.17. The van der Waals surface area contributed by atoms with Crippen molar-refractivity contribution in [3.8, 4) is 0 Å². The predicted molar refractivity (Wildman–Crippen MR) is 86.0 cm³/mol. The molecule has 0 aromatic heterocycles. The Labute approximate surface area is 136 Å². The quantitative estimate of drug-likeness (QED) is 0.871. The fourth-order valence-corrected chi connectivity index (χ4v) is 3.51. The van der Waals surface area contributed by atoms with E-state index < -0.39 is 6.04 Å². The Morgan fingerprint density at radius 1 is 1.13 bits per heavy atom. The highest BCUT2D eigenvalue weighted by molar-refractivity contribution is 6.22. The molecular weight excluding hydrogens is 292 g/mol. The summed E-state index contributed by atoms with van der Waals surface area (Å²) in [6, 6.07) is 6.04. The van der Waals surface area contributed by atoms with E-state index in [1.165, 1.54) is 6.42 Å². The zero-order valence-electron chi connectivity index (χ0n) is 13.5. The minimum atomic E-state index is -0.795. The van der Waals surface area contributed by atoms with Crippen LogP contribution in [0.25, 0.3) is 0 Å². The fraction of sp³-hybridized carbons (Fsp3) is 0.500. The van der Waals surface area contributed by atoms with E-state index >= 15 is 0 Å². The summed E-state index contributed by atoms with van der Waals surface area (Å²) >= 11 is 0. The number of hydrogen-bond donors (Lipinski definition) is 1. The third-order valence-electron chi connectivity index (χ3n) is 5.03. The first-order valence-corrected chi connectivity index (χ1v) is 8.28. The van der Waals surface area contributed by atoms with Gasteiger partial charge in [-0.15, -0.1) is 0 Å². The van der Waals surface area contributed by atoms with E-state index in [0.717, 1.165) is 24.2 Å². The van der Waals surface area contributed by atoms with Gasteiger partial charge in [0, 0.05) is 6.04 Å². The second kappa shape index (κ2) is 6.14. The van der Waals surface area contributed by atoms with Gasteiger partial charge in [0.25, 0.3) is 11.8 Å². The van der Waals surface area contributed by atoms with Gasteiger partial charge in [0.15, 0.2) is 0 Å². The highest BCUT2D eigenvalue weighted by Crippen LogP contribution is 2.26. The zero-order valence-corrected chi connectivity index (χ0v) is 13.5. The van der Waals surface area contributed by atoms with Crippen LogP contribution in [0.15, 0.2) is 24.3 Å². The van der Waals surface area contributed by atoms with E-state index in [4.69, 9.17) is 0 Å². The van der Waals surface area contributed by atoms with Crippen molar-refractivity contribution >= 4 is 17.7 Å². The molecule has 0 saturated heterocycles. The molecule has 3 amide bonds. The monoisotopic (exact) mass is 314 g/mol. The fourth-order valence-electron chi connectivity index (χ4n) is 3.51. The number of rotatable bonds is 3. The van der Waals surface area contributed by atoms with E-state index in [1.807, 2.05) is 0 Å². The number of benzene rings is 1. The molecule has 5 nitrogen and oxygen atoms in total. The van der Waals surface area contributed by atoms with Crippen LogP contribution in [-0.4, -0.2) is 34.7 Å². The lowest BCUT2D eigenvalue weighted by Crippen LogP contribution is -2.52. The van der Waals surface area contributed by atoms with Gasteiger partial charge in [-0.25, -0.2) is 0 Å². The van der Waals surface area contributed by atoms with E-state index in [2.05, 4.69) is 12.2 Å². The van der Waals surface area contributed by atoms with Gasteiger partial charge in [-0.2, -0.15) is 0 Å². The van der Waals surface area contributed by atoms with Gasteiger partial charge in [-0.05, 0) is 37.8 Å². The van der Waals surface area contributed by atoms with Gasteiger partial charge in [0.05, 0.1) is 11.1 Å². The molecule has 1 aromatic carbocycles. The first kappa shape index (κ1) is 15.7. The summed E-state index contributed by atoms with van der Waals surface area (Å²) < 4.78 is 0. The third kappa shape index (κ3) is 2.76. The normalized spacial score (nSPS) is 25.2. The number of nitrogens with zero attached hydrogens (tertiary/aromatic N) is 1. The largest absolute Gasteiger partial charge is 0.351 e. The molecule has 1 aliphatic carbocycles. The molecule has 23 heavy (non-hydrogen) atoms. The van der Waals surface area contributed by atoms with Crippen molar-refractivity contribution in [1.29, 1.82) is 0 Å². The van der Waals surface area contributed by atoms with Crippen LogP contribution < -0.4 is 5.32 Å². The highest BCUT2D eigenvalue weighted by atomic mass is 16.2. The molecule has 1 N–H and O–H groups in total. The molecule has 122 valence electrons. The van der Waals surface area contributed by atoms with Crippen LogP contribution in [-0.2, 0) is 4.79 Å². The summed E-state index contributed by atoms with van der Waals surface area (Å²) in [6.07, 6.45) is 4.37. The van der Waals surface area contributed by atoms with Gasteiger partial charge in [0.2, 0.25) is 5.91 Å². The molecule has 1 saturated carbocycles.